The Hall–Kier alpha value is -2.57. The molecule has 0 radical (unpaired) electrons. The van der Waals surface area contributed by atoms with Gasteiger partial charge in [0.1, 0.15) is 11.6 Å². The first-order valence-corrected chi connectivity index (χ1v) is 10.2. The summed E-state index contributed by atoms with van der Waals surface area (Å²) in [5.74, 6) is -1.09. The van der Waals surface area contributed by atoms with Crippen LogP contribution in [-0.4, -0.2) is 64.2 Å². The van der Waals surface area contributed by atoms with Gasteiger partial charge in [0, 0.05) is 19.6 Å². The molecule has 158 valence electrons. The summed E-state index contributed by atoms with van der Waals surface area (Å²) in [6.07, 6.45) is 1.68. The number of nitrogens with zero attached hydrogens (tertiary/aromatic N) is 2. The summed E-state index contributed by atoms with van der Waals surface area (Å²) in [6, 6.07) is 8.76. The van der Waals surface area contributed by atoms with E-state index in [1.54, 1.807) is 4.90 Å². The molecule has 7 nitrogen and oxygen atoms in total. The maximum Gasteiger partial charge on any atom is 0.410 e. The third-order valence-corrected chi connectivity index (χ3v) is 5.80. The lowest BCUT2D eigenvalue weighted by Gasteiger charge is -2.43. The Morgan fingerprint density at radius 2 is 1.69 bits per heavy atom. The molecule has 1 atom stereocenters. The molecule has 2 heterocycles. The molecular weight excluding hydrogens is 372 g/mol. The summed E-state index contributed by atoms with van der Waals surface area (Å²) in [6.45, 7) is 6.71. The van der Waals surface area contributed by atoms with E-state index in [-0.39, 0.29) is 12.0 Å². The van der Waals surface area contributed by atoms with Crippen LogP contribution in [0.25, 0.3) is 0 Å². The van der Waals surface area contributed by atoms with Gasteiger partial charge in [0.05, 0.1) is 5.41 Å². The molecule has 3 rings (SSSR count). The number of aliphatic carboxylic acids is 1. The Morgan fingerprint density at radius 1 is 1.07 bits per heavy atom. The van der Waals surface area contributed by atoms with Crippen molar-refractivity contribution in [3.05, 3.63) is 35.9 Å². The molecule has 2 saturated heterocycles. The van der Waals surface area contributed by atoms with Crippen molar-refractivity contribution in [1.29, 1.82) is 0 Å². The van der Waals surface area contributed by atoms with E-state index in [1.807, 2.05) is 51.1 Å². The minimum Gasteiger partial charge on any atom is -0.480 e. The summed E-state index contributed by atoms with van der Waals surface area (Å²) >= 11 is 0. The number of rotatable bonds is 3. The average molecular weight is 402 g/mol. The number of carbonyl (C=O) groups excluding carboxylic acids is 2. The zero-order valence-corrected chi connectivity index (χ0v) is 17.4. The quantitative estimate of drug-likeness (QED) is 0.840. The lowest BCUT2D eigenvalue weighted by Crippen LogP contribution is -2.56. The number of ether oxygens (including phenoxy) is 1. The minimum atomic E-state index is -0.953. The van der Waals surface area contributed by atoms with Gasteiger partial charge in [-0.2, -0.15) is 0 Å². The van der Waals surface area contributed by atoms with Gasteiger partial charge in [-0.15, -0.1) is 0 Å². The van der Waals surface area contributed by atoms with Crippen molar-refractivity contribution in [2.24, 2.45) is 0 Å². The highest BCUT2D eigenvalue weighted by atomic mass is 16.6. The van der Waals surface area contributed by atoms with Crippen LogP contribution in [-0.2, 0) is 19.7 Å². The fraction of sp³-hybridized carbons (Fsp3) is 0.591. The topological polar surface area (TPSA) is 87.2 Å². The van der Waals surface area contributed by atoms with Gasteiger partial charge < -0.3 is 19.6 Å². The van der Waals surface area contributed by atoms with Crippen LogP contribution in [0.4, 0.5) is 4.79 Å². The molecule has 1 N–H and O–H groups in total. The zero-order valence-electron chi connectivity index (χ0n) is 17.4. The van der Waals surface area contributed by atoms with Gasteiger partial charge in [-0.3, -0.25) is 4.79 Å². The number of amides is 2. The maximum absolute atomic E-state index is 13.7. The lowest BCUT2D eigenvalue weighted by atomic mass is 9.71. The Bertz CT molecular complexity index is 763. The molecule has 7 heteroatoms. The predicted octanol–water partition coefficient (Wildman–Crippen LogP) is 3.03. The highest BCUT2D eigenvalue weighted by molar-refractivity contribution is 5.92. The second-order valence-electron chi connectivity index (χ2n) is 8.91. The summed E-state index contributed by atoms with van der Waals surface area (Å²) in [4.78, 5) is 40.9. The summed E-state index contributed by atoms with van der Waals surface area (Å²) in [5, 5.41) is 9.55. The molecule has 0 spiro atoms. The zero-order chi connectivity index (χ0) is 21.2. The fourth-order valence-corrected chi connectivity index (χ4v) is 4.32. The van der Waals surface area contributed by atoms with Crippen LogP contribution in [0.2, 0.25) is 0 Å². The standard InChI is InChI=1S/C22H30N2O5/c1-21(2,3)29-20(28)23-14-11-22(12-15-23,16-8-5-4-6-9-16)19(27)24-13-7-10-17(24)18(25)26/h4-6,8-9,17H,7,10-15H2,1-3H3,(H,25,26). The van der Waals surface area contributed by atoms with Crippen molar-refractivity contribution < 1.29 is 24.2 Å². The fourth-order valence-electron chi connectivity index (χ4n) is 4.32. The monoisotopic (exact) mass is 402 g/mol. The Morgan fingerprint density at radius 3 is 2.24 bits per heavy atom. The van der Waals surface area contributed by atoms with Crippen molar-refractivity contribution in [3.63, 3.8) is 0 Å². The van der Waals surface area contributed by atoms with Crippen LogP contribution >= 0.6 is 0 Å². The van der Waals surface area contributed by atoms with Crippen molar-refractivity contribution in [1.82, 2.24) is 9.80 Å². The first-order chi connectivity index (χ1) is 13.6. The van der Waals surface area contributed by atoms with Gasteiger partial charge in [-0.1, -0.05) is 30.3 Å². The van der Waals surface area contributed by atoms with Crippen LogP contribution in [0.15, 0.2) is 30.3 Å². The van der Waals surface area contributed by atoms with Crippen LogP contribution in [0, 0.1) is 0 Å². The van der Waals surface area contributed by atoms with Gasteiger partial charge in [0.25, 0.3) is 0 Å². The second kappa shape index (κ2) is 8.05. The van der Waals surface area contributed by atoms with Gasteiger partial charge >= 0.3 is 12.1 Å². The van der Waals surface area contributed by atoms with Crippen LogP contribution in [0.1, 0.15) is 52.0 Å². The molecule has 0 aromatic heterocycles. The van der Waals surface area contributed by atoms with Crippen molar-refractivity contribution in [2.45, 2.75) is 63.5 Å². The first kappa shape index (κ1) is 21.1. The van der Waals surface area contributed by atoms with Gasteiger partial charge in [0.15, 0.2) is 0 Å². The molecule has 2 amide bonds. The number of piperidine rings is 1. The molecule has 2 fully saturated rings. The van der Waals surface area contributed by atoms with Crippen LogP contribution < -0.4 is 0 Å². The lowest BCUT2D eigenvalue weighted by molar-refractivity contribution is -0.151. The third kappa shape index (κ3) is 4.38. The summed E-state index contributed by atoms with van der Waals surface area (Å²) in [5.41, 5.74) is -0.520. The molecule has 29 heavy (non-hydrogen) atoms. The van der Waals surface area contributed by atoms with Gasteiger partial charge in [-0.25, -0.2) is 9.59 Å². The Labute approximate surface area is 171 Å². The molecule has 1 unspecified atom stereocenters. The number of likely N-dealkylation sites (tertiary alicyclic amines) is 2. The number of carbonyl (C=O) groups is 3. The highest BCUT2D eigenvalue weighted by Crippen LogP contribution is 2.39. The molecule has 1 aromatic carbocycles. The smallest absolute Gasteiger partial charge is 0.410 e. The van der Waals surface area contributed by atoms with E-state index in [1.165, 1.54) is 4.90 Å². The number of hydrogen-bond acceptors (Lipinski definition) is 4. The molecule has 1 aromatic rings. The second-order valence-corrected chi connectivity index (χ2v) is 8.91. The minimum absolute atomic E-state index is 0.141. The average Bonchev–Trinajstić information content (AvgIpc) is 3.17. The number of benzene rings is 1. The van der Waals surface area contributed by atoms with E-state index in [9.17, 15) is 19.5 Å². The van der Waals surface area contributed by atoms with Crippen LogP contribution in [0.3, 0.4) is 0 Å². The third-order valence-electron chi connectivity index (χ3n) is 5.80. The molecular formula is C22H30N2O5. The molecule has 0 saturated carbocycles. The van der Waals surface area contributed by atoms with Crippen molar-refractivity contribution in [3.8, 4) is 0 Å². The van der Waals surface area contributed by atoms with Gasteiger partial charge in [-0.05, 0) is 52.0 Å². The highest BCUT2D eigenvalue weighted by Gasteiger charge is 2.49. The number of carboxylic acids is 1. The first-order valence-electron chi connectivity index (χ1n) is 10.2. The van der Waals surface area contributed by atoms with Crippen molar-refractivity contribution >= 4 is 18.0 Å². The normalized spacial score (nSPS) is 21.7. The van der Waals surface area contributed by atoms with Gasteiger partial charge in [0.2, 0.25) is 5.91 Å². The van der Waals surface area contributed by atoms with E-state index in [0.717, 1.165) is 5.56 Å². The molecule has 2 aliphatic rings. The summed E-state index contributed by atoms with van der Waals surface area (Å²) < 4.78 is 5.47. The van der Waals surface area contributed by atoms with E-state index in [0.29, 0.717) is 45.3 Å². The summed E-state index contributed by atoms with van der Waals surface area (Å²) in [7, 11) is 0. The predicted molar refractivity (Wildman–Crippen MR) is 108 cm³/mol. The van der Waals surface area contributed by atoms with Crippen LogP contribution in [0.5, 0.6) is 0 Å². The molecule has 0 bridgehead atoms. The largest absolute Gasteiger partial charge is 0.480 e. The SMILES string of the molecule is CC(C)(C)OC(=O)N1CCC(C(=O)N2CCCC2C(=O)O)(c2ccccc2)CC1. The maximum atomic E-state index is 13.7. The van der Waals surface area contributed by atoms with E-state index < -0.39 is 23.0 Å². The Balaban J connectivity index is 1.85. The number of hydrogen-bond donors (Lipinski definition) is 1. The molecule has 2 aliphatic heterocycles. The van der Waals surface area contributed by atoms with Crippen molar-refractivity contribution in [2.75, 3.05) is 19.6 Å². The molecule has 0 aliphatic carbocycles. The van der Waals surface area contributed by atoms with E-state index in [4.69, 9.17) is 4.74 Å². The van der Waals surface area contributed by atoms with E-state index in [2.05, 4.69) is 0 Å². The Kier molecular flexibility index (Phi) is 5.87. The van der Waals surface area contributed by atoms with E-state index >= 15 is 0 Å². The number of carboxylic acid groups (broad SMARTS) is 1.